The van der Waals surface area contributed by atoms with Crippen LogP contribution < -0.4 is 32.3 Å². The average molecular weight is 903 g/mol. The van der Waals surface area contributed by atoms with Crippen LogP contribution in [0.25, 0.3) is 0 Å². The summed E-state index contributed by atoms with van der Waals surface area (Å²) in [6.07, 6.45) is 2.46. The lowest BCUT2D eigenvalue weighted by Crippen LogP contribution is -2.50. The number of rotatable bonds is 19. The molecule has 0 unspecified atom stereocenters. The molecular formula is C45H62N10O10. The molecule has 3 amide bonds. The first-order valence-corrected chi connectivity index (χ1v) is 20.9. The van der Waals surface area contributed by atoms with Gasteiger partial charge in [-0.3, -0.25) is 9.59 Å². The van der Waals surface area contributed by atoms with Gasteiger partial charge < -0.3 is 56.7 Å². The quantitative estimate of drug-likeness (QED) is 0.0378. The van der Waals surface area contributed by atoms with Crippen molar-refractivity contribution in [1.82, 2.24) is 35.9 Å². The Bertz CT molecular complexity index is 2220. The number of esters is 2. The molecular weight excluding hydrogens is 841 g/mol. The number of amides is 3. The van der Waals surface area contributed by atoms with Gasteiger partial charge in [0.25, 0.3) is 11.8 Å². The molecule has 0 aliphatic rings. The Hall–Kier alpha value is -7.09. The van der Waals surface area contributed by atoms with Gasteiger partial charge in [-0.05, 0) is 110 Å². The van der Waals surface area contributed by atoms with Gasteiger partial charge in [0.05, 0.1) is 54.7 Å². The zero-order chi connectivity index (χ0) is 48.3. The number of aryl methyl sites for hydroxylation is 6. The van der Waals surface area contributed by atoms with Crippen LogP contribution in [0.1, 0.15) is 88.2 Å². The summed E-state index contributed by atoms with van der Waals surface area (Å²) in [5.41, 5.74) is 9.26. The summed E-state index contributed by atoms with van der Waals surface area (Å²) in [7, 11) is 2.42. The first kappa shape index (κ1) is 52.3. The summed E-state index contributed by atoms with van der Waals surface area (Å²) in [5, 5.41) is 32.9. The molecule has 0 saturated carbocycles. The number of nitrogens with one attached hydrogen (secondary N) is 5. The maximum absolute atomic E-state index is 13.0. The molecule has 2 atom stereocenters. The third-order valence-electron chi connectivity index (χ3n) is 9.33. The highest BCUT2D eigenvalue weighted by Crippen LogP contribution is 2.17. The number of hydrogen-bond donors (Lipinski definition) is 8. The summed E-state index contributed by atoms with van der Waals surface area (Å²) in [4.78, 5) is 78.7. The zero-order valence-corrected chi connectivity index (χ0v) is 38.5. The number of carbonyl (C=O) groups is 5. The fourth-order valence-corrected chi connectivity index (χ4v) is 6.31. The molecule has 4 aromatic rings. The third-order valence-corrected chi connectivity index (χ3v) is 9.33. The lowest BCUT2D eigenvalue weighted by atomic mass is 10.1. The van der Waals surface area contributed by atoms with Gasteiger partial charge in [0, 0.05) is 19.6 Å². The van der Waals surface area contributed by atoms with E-state index in [1.165, 1.54) is 14.2 Å². The SMILES string of the molecule is COC(=O)[C@H](CN)NC(=O)c1c(C)nc(NCCCc2cccc(O)c2)nc1C.COC(=O)[C@H](CNC(=O)OC(C)(C)C)NC(=O)c1c(C)nc(NCCCc2cccc(O)c2)nc1C. The van der Waals surface area contributed by atoms with E-state index in [4.69, 9.17) is 15.2 Å². The molecule has 0 bridgehead atoms. The number of benzene rings is 2. The molecule has 2 aromatic carbocycles. The van der Waals surface area contributed by atoms with E-state index in [-0.39, 0.29) is 30.2 Å². The third kappa shape index (κ3) is 17.5. The fourth-order valence-electron chi connectivity index (χ4n) is 6.31. The Morgan fingerprint density at radius 2 is 1.06 bits per heavy atom. The maximum atomic E-state index is 13.0. The Morgan fingerprint density at radius 3 is 1.43 bits per heavy atom. The van der Waals surface area contributed by atoms with E-state index in [2.05, 4.69) is 51.3 Å². The minimum Gasteiger partial charge on any atom is -0.508 e. The molecule has 0 aliphatic heterocycles. The summed E-state index contributed by atoms with van der Waals surface area (Å²) < 4.78 is 14.5. The molecule has 0 saturated heterocycles. The molecule has 2 aromatic heterocycles. The Kier molecular flexibility index (Phi) is 20.3. The van der Waals surface area contributed by atoms with Crippen LogP contribution in [-0.4, -0.2) is 118 Å². The number of phenolic OH excluding ortho intramolecular Hbond substituents is 2. The van der Waals surface area contributed by atoms with Gasteiger partial charge in [0.2, 0.25) is 11.9 Å². The van der Waals surface area contributed by atoms with Crippen LogP contribution in [0, 0.1) is 27.7 Å². The van der Waals surface area contributed by atoms with E-state index in [1.54, 1.807) is 78.8 Å². The van der Waals surface area contributed by atoms with Crippen LogP contribution in [0.5, 0.6) is 11.5 Å². The van der Waals surface area contributed by atoms with Crippen LogP contribution in [-0.2, 0) is 36.6 Å². The van der Waals surface area contributed by atoms with Crippen molar-refractivity contribution in [3.63, 3.8) is 0 Å². The van der Waals surface area contributed by atoms with Gasteiger partial charge in [0.1, 0.15) is 29.2 Å². The Morgan fingerprint density at radius 1 is 0.662 bits per heavy atom. The van der Waals surface area contributed by atoms with Gasteiger partial charge in [-0.2, -0.15) is 0 Å². The summed E-state index contributed by atoms with van der Waals surface area (Å²) >= 11 is 0. The molecule has 65 heavy (non-hydrogen) atoms. The van der Waals surface area contributed by atoms with Gasteiger partial charge in [-0.1, -0.05) is 24.3 Å². The van der Waals surface area contributed by atoms with Crippen LogP contribution in [0.4, 0.5) is 16.7 Å². The second kappa shape index (κ2) is 25.3. The number of anilines is 2. The van der Waals surface area contributed by atoms with Gasteiger partial charge in [-0.15, -0.1) is 0 Å². The number of methoxy groups -OCH3 is 2. The number of phenols is 2. The van der Waals surface area contributed by atoms with E-state index in [0.29, 0.717) is 53.3 Å². The van der Waals surface area contributed by atoms with E-state index < -0.39 is 47.5 Å². The van der Waals surface area contributed by atoms with Crippen molar-refractivity contribution in [3.8, 4) is 11.5 Å². The van der Waals surface area contributed by atoms with Crippen molar-refractivity contribution < 1.29 is 48.4 Å². The average Bonchev–Trinajstić information content (AvgIpc) is 3.23. The van der Waals surface area contributed by atoms with Crippen molar-refractivity contribution >= 4 is 41.7 Å². The monoisotopic (exact) mass is 902 g/mol. The van der Waals surface area contributed by atoms with Crippen LogP contribution >= 0.6 is 0 Å². The number of carbonyl (C=O) groups excluding carboxylic acids is 5. The zero-order valence-electron chi connectivity index (χ0n) is 38.5. The second-order valence-electron chi connectivity index (χ2n) is 15.8. The molecule has 2 heterocycles. The molecule has 20 nitrogen and oxygen atoms in total. The summed E-state index contributed by atoms with van der Waals surface area (Å²) in [6.45, 7) is 12.8. The maximum Gasteiger partial charge on any atom is 0.407 e. The van der Waals surface area contributed by atoms with Gasteiger partial charge in [0.15, 0.2) is 0 Å². The van der Waals surface area contributed by atoms with Crippen LogP contribution in [0.3, 0.4) is 0 Å². The lowest BCUT2D eigenvalue weighted by molar-refractivity contribution is -0.143. The lowest BCUT2D eigenvalue weighted by Gasteiger charge is -2.22. The van der Waals surface area contributed by atoms with Crippen molar-refractivity contribution in [2.45, 2.75) is 91.8 Å². The largest absolute Gasteiger partial charge is 0.508 e. The van der Waals surface area contributed by atoms with Crippen molar-refractivity contribution in [2.75, 3.05) is 51.0 Å². The van der Waals surface area contributed by atoms with Gasteiger partial charge >= 0.3 is 18.0 Å². The van der Waals surface area contributed by atoms with Crippen molar-refractivity contribution in [1.29, 1.82) is 0 Å². The molecule has 0 aliphatic carbocycles. The molecule has 4 rings (SSSR count). The molecule has 0 fully saturated rings. The Labute approximate surface area is 378 Å². The van der Waals surface area contributed by atoms with E-state index >= 15 is 0 Å². The number of aromatic hydroxyl groups is 2. The highest BCUT2D eigenvalue weighted by atomic mass is 16.6. The smallest absolute Gasteiger partial charge is 0.407 e. The Balaban J connectivity index is 0.000000353. The first-order chi connectivity index (χ1) is 30.7. The molecule has 0 spiro atoms. The highest BCUT2D eigenvalue weighted by molar-refractivity contribution is 5.99. The van der Waals surface area contributed by atoms with Crippen LogP contribution in [0.2, 0.25) is 0 Å². The number of nitrogens with two attached hydrogens (primary N) is 1. The summed E-state index contributed by atoms with van der Waals surface area (Å²) in [6, 6.07) is 12.2. The predicted molar refractivity (Wildman–Crippen MR) is 243 cm³/mol. The van der Waals surface area contributed by atoms with E-state index in [0.717, 1.165) is 36.8 Å². The first-order valence-electron chi connectivity index (χ1n) is 20.9. The highest BCUT2D eigenvalue weighted by Gasteiger charge is 2.27. The predicted octanol–water partition coefficient (Wildman–Crippen LogP) is 3.71. The number of aromatic nitrogens is 4. The summed E-state index contributed by atoms with van der Waals surface area (Å²) in [5.74, 6) is -1.08. The van der Waals surface area contributed by atoms with Gasteiger partial charge in [-0.25, -0.2) is 34.3 Å². The fraction of sp³-hybridized carbons (Fsp3) is 0.444. The molecule has 9 N–H and O–H groups in total. The molecule has 0 radical (unpaired) electrons. The number of ether oxygens (including phenoxy) is 3. The van der Waals surface area contributed by atoms with Crippen LogP contribution in [0.15, 0.2) is 48.5 Å². The van der Waals surface area contributed by atoms with Crippen molar-refractivity contribution in [2.24, 2.45) is 5.73 Å². The minimum atomic E-state index is -1.14. The van der Waals surface area contributed by atoms with Crippen molar-refractivity contribution in [3.05, 3.63) is 93.6 Å². The van der Waals surface area contributed by atoms with E-state index in [9.17, 15) is 34.2 Å². The number of nitrogens with zero attached hydrogens (tertiary/aromatic N) is 4. The second-order valence-corrected chi connectivity index (χ2v) is 15.8. The number of hydrogen-bond acceptors (Lipinski definition) is 17. The van der Waals surface area contributed by atoms with E-state index in [1.807, 2.05) is 18.2 Å². The minimum absolute atomic E-state index is 0.0732. The normalized spacial score (nSPS) is 11.7. The standard InChI is InChI=1S/C25H35N5O6.C20H27N5O4/c1-15-20(21(32)30-19(22(33)35-6)14-27-24(34)36-25(3,4)5)16(2)29-23(28-15)26-12-8-10-17-9-7-11-18(31)13-17;1-12-17(18(27)25-16(11-21)19(28)29-3)13(2)24-20(23-12)22-9-5-7-14-6-4-8-15(26)10-14/h7,9,11,13,19,31H,8,10,12,14H2,1-6H3,(H,27,34)(H,30,32)(H,26,28,29);4,6,8,10,16,26H,5,7,9,11,21H2,1-3H3,(H,25,27)(H,22,23,24)/t19-;16-/m00/s1. The molecule has 20 heteroatoms. The molecule has 352 valence electrons. The number of alkyl carbamates (subject to hydrolysis) is 1. The topological polar surface area (TPSA) is 291 Å².